The second-order valence-electron chi connectivity index (χ2n) is 6.98. The summed E-state index contributed by atoms with van der Waals surface area (Å²) in [5.41, 5.74) is 1.93. The zero-order valence-corrected chi connectivity index (χ0v) is 19.7. The van der Waals surface area contributed by atoms with E-state index in [9.17, 15) is 4.79 Å². The number of benzene rings is 2. The molecule has 1 N–H and O–H groups in total. The molecule has 4 aromatic rings. The molecule has 0 aliphatic carbocycles. The Hall–Kier alpha value is -3.66. The van der Waals surface area contributed by atoms with Gasteiger partial charge in [-0.3, -0.25) is 4.79 Å². The van der Waals surface area contributed by atoms with Gasteiger partial charge in [0.05, 0.1) is 19.8 Å². The summed E-state index contributed by atoms with van der Waals surface area (Å²) in [6, 6.07) is 10.8. The van der Waals surface area contributed by atoms with Crippen molar-refractivity contribution in [1.82, 2.24) is 19.8 Å². The maximum atomic E-state index is 13.1. The van der Waals surface area contributed by atoms with Gasteiger partial charge in [0.15, 0.2) is 17.3 Å². The summed E-state index contributed by atoms with van der Waals surface area (Å²) in [7, 11) is 0. The quantitative estimate of drug-likeness (QED) is 0.384. The molecule has 0 unspecified atom stereocenters. The summed E-state index contributed by atoms with van der Waals surface area (Å²) in [4.78, 5) is 13.8. The first kappa shape index (κ1) is 22.5. The van der Waals surface area contributed by atoms with Gasteiger partial charge in [-0.1, -0.05) is 23.5 Å². The van der Waals surface area contributed by atoms with Crippen molar-refractivity contribution in [2.75, 3.05) is 25.1 Å². The van der Waals surface area contributed by atoms with Gasteiger partial charge in [-0.15, -0.1) is 10.2 Å². The number of aryl methyl sites for hydroxylation is 1. The van der Waals surface area contributed by atoms with Crippen LogP contribution in [0.15, 0.2) is 36.4 Å². The molecule has 1 amide bonds. The van der Waals surface area contributed by atoms with Crippen LogP contribution in [0.4, 0.5) is 5.69 Å². The Morgan fingerprint density at radius 1 is 1.00 bits per heavy atom. The third-order valence-corrected chi connectivity index (χ3v) is 5.63. The summed E-state index contributed by atoms with van der Waals surface area (Å²) in [5.74, 6) is 1.88. The van der Waals surface area contributed by atoms with Crippen LogP contribution in [0.25, 0.3) is 15.5 Å². The Morgan fingerprint density at radius 3 is 2.33 bits per heavy atom. The van der Waals surface area contributed by atoms with Gasteiger partial charge in [0.25, 0.3) is 5.91 Å². The van der Waals surface area contributed by atoms with Crippen molar-refractivity contribution in [3.05, 3.63) is 47.8 Å². The summed E-state index contributed by atoms with van der Waals surface area (Å²) in [6.45, 7) is 8.82. The van der Waals surface area contributed by atoms with Crippen LogP contribution in [0.1, 0.15) is 37.0 Å². The van der Waals surface area contributed by atoms with E-state index in [1.54, 1.807) is 16.6 Å². The van der Waals surface area contributed by atoms with Crippen LogP contribution >= 0.6 is 11.3 Å². The van der Waals surface area contributed by atoms with E-state index < -0.39 is 0 Å². The fourth-order valence-electron chi connectivity index (χ4n) is 3.28. The van der Waals surface area contributed by atoms with Gasteiger partial charge in [-0.05, 0) is 52.0 Å². The highest BCUT2D eigenvalue weighted by Gasteiger charge is 2.19. The average molecular weight is 468 g/mol. The summed E-state index contributed by atoms with van der Waals surface area (Å²) in [5, 5.41) is 16.4. The van der Waals surface area contributed by atoms with E-state index in [0.717, 1.165) is 21.4 Å². The van der Waals surface area contributed by atoms with E-state index in [0.29, 0.717) is 48.3 Å². The molecule has 0 aliphatic rings. The van der Waals surface area contributed by atoms with Gasteiger partial charge in [0, 0.05) is 16.8 Å². The average Bonchev–Trinajstić information content (AvgIpc) is 3.38. The number of rotatable bonds is 9. The highest BCUT2D eigenvalue weighted by Crippen LogP contribution is 2.39. The Morgan fingerprint density at radius 2 is 1.70 bits per heavy atom. The number of carbonyl (C=O) groups excluding carboxylic acids is 1. The fourth-order valence-corrected chi connectivity index (χ4v) is 4.17. The number of hydrogen-bond acceptors (Lipinski definition) is 8. The molecule has 0 atom stereocenters. The molecule has 0 saturated carbocycles. The predicted octanol–water partition coefficient (Wildman–Crippen LogP) is 4.61. The van der Waals surface area contributed by atoms with Gasteiger partial charge < -0.3 is 19.5 Å². The second kappa shape index (κ2) is 9.86. The van der Waals surface area contributed by atoms with Gasteiger partial charge in [-0.2, -0.15) is 9.61 Å². The van der Waals surface area contributed by atoms with Gasteiger partial charge >= 0.3 is 0 Å². The number of fused-ring (bicyclic) bond motifs is 1. The number of ether oxygens (including phenoxy) is 3. The van der Waals surface area contributed by atoms with Crippen LogP contribution in [0.2, 0.25) is 0 Å². The molecule has 0 spiro atoms. The summed E-state index contributed by atoms with van der Waals surface area (Å²) >= 11 is 1.43. The molecule has 0 bridgehead atoms. The number of anilines is 1. The first-order valence-corrected chi connectivity index (χ1v) is 11.5. The fraction of sp³-hybridized carbons (Fsp3) is 0.304. The lowest BCUT2D eigenvalue weighted by atomic mass is 10.1. The van der Waals surface area contributed by atoms with E-state index in [4.69, 9.17) is 14.2 Å². The molecule has 2 aromatic carbocycles. The lowest BCUT2D eigenvalue weighted by molar-refractivity contribution is 0.102. The lowest BCUT2D eigenvalue weighted by Gasteiger charge is -2.17. The van der Waals surface area contributed by atoms with Crippen LogP contribution in [0.5, 0.6) is 17.2 Å². The van der Waals surface area contributed by atoms with Crippen molar-refractivity contribution in [3.63, 3.8) is 0 Å². The van der Waals surface area contributed by atoms with Crippen LogP contribution in [0, 0.1) is 6.92 Å². The molecule has 9 nitrogen and oxygen atoms in total. The van der Waals surface area contributed by atoms with Crippen molar-refractivity contribution in [2.24, 2.45) is 0 Å². The normalized spacial score (nSPS) is 10.9. The zero-order chi connectivity index (χ0) is 23.4. The Kier molecular flexibility index (Phi) is 6.74. The van der Waals surface area contributed by atoms with Gasteiger partial charge in [-0.25, -0.2) is 0 Å². The zero-order valence-electron chi connectivity index (χ0n) is 18.9. The standard InChI is InChI=1S/C23H25N5O4S/c1-5-30-18-12-16(13-19(31-6-2)20(18)32-7-3)21(29)24-17-10-8-9-15(11-17)22-27-28-14(4)25-26-23(28)33-22/h8-13H,5-7H2,1-4H3,(H,24,29). The second-order valence-corrected chi connectivity index (χ2v) is 7.94. The van der Waals surface area contributed by atoms with Gasteiger partial charge in [0.1, 0.15) is 5.01 Å². The van der Waals surface area contributed by atoms with E-state index in [2.05, 4.69) is 20.6 Å². The van der Waals surface area contributed by atoms with Crippen LogP contribution in [-0.4, -0.2) is 45.5 Å². The molecule has 0 radical (unpaired) electrons. The van der Waals surface area contributed by atoms with Crippen molar-refractivity contribution >= 4 is 27.9 Å². The molecule has 4 rings (SSSR count). The highest BCUT2D eigenvalue weighted by atomic mass is 32.1. The Labute approximate surface area is 195 Å². The predicted molar refractivity (Wildman–Crippen MR) is 127 cm³/mol. The smallest absolute Gasteiger partial charge is 0.255 e. The van der Waals surface area contributed by atoms with Crippen molar-refractivity contribution in [2.45, 2.75) is 27.7 Å². The number of nitrogens with zero attached hydrogens (tertiary/aromatic N) is 4. The maximum Gasteiger partial charge on any atom is 0.255 e. The molecule has 0 fully saturated rings. The minimum absolute atomic E-state index is 0.286. The molecule has 0 aliphatic heterocycles. The molecule has 0 saturated heterocycles. The van der Waals surface area contributed by atoms with Gasteiger partial charge in [0.2, 0.25) is 10.7 Å². The van der Waals surface area contributed by atoms with Crippen LogP contribution in [0.3, 0.4) is 0 Å². The van der Waals surface area contributed by atoms with E-state index >= 15 is 0 Å². The van der Waals surface area contributed by atoms with Crippen LogP contribution in [-0.2, 0) is 0 Å². The molecule has 2 heterocycles. The third kappa shape index (κ3) is 4.75. The summed E-state index contributed by atoms with van der Waals surface area (Å²) < 4.78 is 18.9. The van der Waals surface area contributed by atoms with Crippen molar-refractivity contribution in [1.29, 1.82) is 0 Å². The Balaban J connectivity index is 1.61. The number of carbonyl (C=O) groups is 1. The minimum Gasteiger partial charge on any atom is -0.490 e. The first-order chi connectivity index (χ1) is 16.0. The minimum atomic E-state index is -0.286. The number of amides is 1. The SMILES string of the molecule is CCOc1cc(C(=O)Nc2cccc(-c3nn4c(C)nnc4s3)c2)cc(OCC)c1OCC. The molecule has 33 heavy (non-hydrogen) atoms. The monoisotopic (exact) mass is 467 g/mol. The first-order valence-electron chi connectivity index (χ1n) is 10.7. The molecular formula is C23H25N5O4S. The number of aromatic nitrogens is 4. The largest absolute Gasteiger partial charge is 0.490 e. The number of nitrogens with one attached hydrogen (secondary N) is 1. The van der Waals surface area contributed by atoms with Crippen molar-refractivity contribution < 1.29 is 19.0 Å². The molecule has 2 aromatic heterocycles. The summed E-state index contributed by atoms with van der Waals surface area (Å²) in [6.07, 6.45) is 0. The molecule has 10 heteroatoms. The third-order valence-electron chi connectivity index (χ3n) is 4.69. The van der Waals surface area contributed by atoms with E-state index in [1.165, 1.54) is 11.3 Å². The Bertz CT molecular complexity index is 1260. The molecular weight excluding hydrogens is 442 g/mol. The van der Waals surface area contributed by atoms with Crippen molar-refractivity contribution in [3.8, 4) is 27.8 Å². The lowest BCUT2D eigenvalue weighted by Crippen LogP contribution is -2.13. The number of hydrogen-bond donors (Lipinski definition) is 1. The highest BCUT2D eigenvalue weighted by molar-refractivity contribution is 7.19. The van der Waals surface area contributed by atoms with E-state index in [-0.39, 0.29) is 5.91 Å². The molecule has 172 valence electrons. The topological polar surface area (TPSA) is 99.9 Å². The maximum absolute atomic E-state index is 13.1. The van der Waals surface area contributed by atoms with Crippen LogP contribution < -0.4 is 19.5 Å². The van der Waals surface area contributed by atoms with E-state index in [1.807, 2.05) is 52.0 Å².